The summed E-state index contributed by atoms with van der Waals surface area (Å²) in [6, 6.07) is 14.7. The first-order valence-electron chi connectivity index (χ1n) is 8.93. The minimum absolute atomic E-state index is 0.526. The van der Waals surface area contributed by atoms with E-state index in [9.17, 15) is 0 Å². The first-order valence-corrected chi connectivity index (χ1v) is 10.8. The van der Waals surface area contributed by atoms with Gasteiger partial charge in [0.15, 0.2) is 11.0 Å². The molecule has 0 unspecified atom stereocenters. The SMILES string of the molecule is Cc1oc(-c2ccccc2)nc1CSc1nnc(-c2cccs2)n1C1CC1. The van der Waals surface area contributed by atoms with E-state index in [1.54, 1.807) is 23.1 Å². The fraction of sp³-hybridized carbons (Fsp3) is 0.250. The minimum Gasteiger partial charge on any atom is -0.441 e. The Labute approximate surface area is 165 Å². The van der Waals surface area contributed by atoms with Crippen molar-refractivity contribution >= 4 is 23.1 Å². The highest BCUT2D eigenvalue weighted by Gasteiger charge is 2.30. The molecule has 4 aromatic rings. The Kier molecular flexibility index (Phi) is 4.33. The van der Waals surface area contributed by atoms with Gasteiger partial charge in [-0.25, -0.2) is 4.98 Å². The van der Waals surface area contributed by atoms with Gasteiger partial charge in [0.25, 0.3) is 0 Å². The largest absolute Gasteiger partial charge is 0.441 e. The summed E-state index contributed by atoms with van der Waals surface area (Å²) >= 11 is 3.39. The van der Waals surface area contributed by atoms with E-state index in [0.29, 0.717) is 11.9 Å². The Morgan fingerprint density at radius 1 is 1.15 bits per heavy atom. The van der Waals surface area contributed by atoms with Crippen molar-refractivity contribution in [2.24, 2.45) is 0 Å². The highest BCUT2D eigenvalue weighted by Crippen LogP contribution is 2.42. The topological polar surface area (TPSA) is 56.7 Å². The van der Waals surface area contributed by atoms with Crippen LogP contribution in [0.2, 0.25) is 0 Å². The monoisotopic (exact) mass is 394 g/mol. The number of oxazole rings is 1. The van der Waals surface area contributed by atoms with E-state index in [1.165, 1.54) is 17.7 Å². The third-order valence-electron chi connectivity index (χ3n) is 4.57. The van der Waals surface area contributed by atoms with E-state index in [-0.39, 0.29) is 0 Å². The summed E-state index contributed by atoms with van der Waals surface area (Å²) in [4.78, 5) is 5.87. The standard InChI is InChI=1S/C20H18N4OS2/c1-13-16(21-19(25-13)14-6-3-2-4-7-14)12-27-20-23-22-18(17-8-5-11-26-17)24(20)15-9-10-15/h2-8,11,15H,9-10,12H2,1H3. The average Bonchev–Trinajstić information content (AvgIpc) is 3.10. The van der Waals surface area contributed by atoms with Gasteiger partial charge in [-0.1, -0.05) is 36.0 Å². The van der Waals surface area contributed by atoms with Gasteiger partial charge in [0.1, 0.15) is 5.76 Å². The summed E-state index contributed by atoms with van der Waals surface area (Å²) in [5.41, 5.74) is 1.96. The zero-order valence-electron chi connectivity index (χ0n) is 14.8. The van der Waals surface area contributed by atoms with Crippen LogP contribution in [0.4, 0.5) is 0 Å². The van der Waals surface area contributed by atoms with E-state index in [4.69, 9.17) is 9.40 Å². The van der Waals surface area contributed by atoms with Crippen LogP contribution < -0.4 is 0 Å². The smallest absolute Gasteiger partial charge is 0.226 e. The van der Waals surface area contributed by atoms with Crippen LogP contribution >= 0.6 is 23.1 Å². The lowest BCUT2D eigenvalue weighted by Gasteiger charge is -2.07. The number of thioether (sulfide) groups is 1. The Morgan fingerprint density at radius 3 is 2.74 bits per heavy atom. The summed E-state index contributed by atoms with van der Waals surface area (Å²) in [6.45, 7) is 1.97. The normalized spacial score (nSPS) is 14.0. The van der Waals surface area contributed by atoms with E-state index in [1.807, 2.05) is 37.3 Å². The number of hydrogen-bond acceptors (Lipinski definition) is 6. The van der Waals surface area contributed by atoms with Crippen LogP contribution in [0.25, 0.3) is 22.2 Å². The second kappa shape index (κ2) is 6.98. The van der Waals surface area contributed by atoms with E-state index < -0.39 is 0 Å². The maximum atomic E-state index is 5.88. The van der Waals surface area contributed by atoms with E-state index in [2.05, 4.69) is 32.3 Å². The molecule has 7 heteroatoms. The molecule has 1 aromatic carbocycles. The van der Waals surface area contributed by atoms with Gasteiger partial charge in [-0.3, -0.25) is 4.57 Å². The van der Waals surface area contributed by atoms with Crippen LogP contribution in [0.5, 0.6) is 0 Å². The van der Waals surface area contributed by atoms with Gasteiger partial charge in [-0.2, -0.15) is 0 Å². The highest BCUT2D eigenvalue weighted by atomic mass is 32.2. The van der Waals surface area contributed by atoms with Crippen LogP contribution in [-0.2, 0) is 5.75 Å². The Bertz CT molecular complexity index is 1050. The Morgan fingerprint density at radius 2 is 2.00 bits per heavy atom. The van der Waals surface area contributed by atoms with Crippen LogP contribution in [0.1, 0.15) is 30.3 Å². The summed E-state index contributed by atoms with van der Waals surface area (Å²) in [6.07, 6.45) is 2.40. The third kappa shape index (κ3) is 3.33. The van der Waals surface area contributed by atoms with Crippen molar-refractivity contribution in [2.45, 2.75) is 36.7 Å². The number of benzene rings is 1. The molecule has 0 aliphatic heterocycles. The number of aromatic nitrogens is 4. The summed E-state index contributed by atoms with van der Waals surface area (Å²) < 4.78 is 8.17. The molecular weight excluding hydrogens is 376 g/mol. The molecule has 3 aromatic heterocycles. The molecule has 3 heterocycles. The zero-order chi connectivity index (χ0) is 18.2. The second-order valence-electron chi connectivity index (χ2n) is 6.56. The van der Waals surface area contributed by atoms with Gasteiger partial charge in [0.2, 0.25) is 5.89 Å². The van der Waals surface area contributed by atoms with Crippen LogP contribution in [0.3, 0.4) is 0 Å². The lowest BCUT2D eigenvalue weighted by molar-refractivity contribution is 0.540. The predicted molar refractivity (Wildman–Crippen MR) is 108 cm³/mol. The third-order valence-corrected chi connectivity index (χ3v) is 6.39. The molecule has 1 fully saturated rings. The number of nitrogens with zero attached hydrogens (tertiary/aromatic N) is 4. The lowest BCUT2D eigenvalue weighted by atomic mass is 10.2. The number of rotatable bonds is 6. The molecular formula is C20H18N4OS2. The van der Waals surface area contributed by atoms with Crippen LogP contribution in [0, 0.1) is 6.92 Å². The maximum absolute atomic E-state index is 5.88. The molecule has 1 aliphatic carbocycles. The molecule has 0 N–H and O–H groups in total. The molecule has 1 aliphatic rings. The van der Waals surface area contributed by atoms with Crippen LogP contribution in [-0.4, -0.2) is 19.7 Å². The summed E-state index contributed by atoms with van der Waals surface area (Å²) in [5.74, 6) is 3.23. The summed E-state index contributed by atoms with van der Waals surface area (Å²) in [5, 5.41) is 12.0. The van der Waals surface area contributed by atoms with Gasteiger partial charge in [0, 0.05) is 17.4 Å². The molecule has 0 radical (unpaired) electrons. The molecule has 1 saturated carbocycles. The van der Waals surface area contributed by atoms with Crippen molar-refractivity contribution in [3.05, 3.63) is 59.3 Å². The van der Waals surface area contributed by atoms with Gasteiger partial charge < -0.3 is 4.42 Å². The van der Waals surface area contributed by atoms with Gasteiger partial charge in [-0.15, -0.1) is 21.5 Å². The minimum atomic E-state index is 0.526. The first kappa shape index (κ1) is 16.8. The number of aryl methyl sites for hydroxylation is 1. The molecule has 0 spiro atoms. The molecule has 0 bridgehead atoms. The molecule has 5 nitrogen and oxygen atoms in total. The van der Waals surface area contributed by atoms with Crippen LogP contribution in [0.15, 0.2) is 57.4 Å². The fourth-order valence-corrected chi connectivity index (χ4v) is 4.72. The van der Waals surface area contributed by atoms with E-state index in [0.717, 1.165) is 33.8 Å². The molecule has 0 amide bonds. The fourth-order valence-electron chi connectivity index (χ4n) is 3.01. The molecule has 5 rings (SSSR count). The van der Waals surface area contributed by atoms with E-state index >= 15 is 0 Å². The number of thiophene rings is 1. The van der Waals surface area contributed by atoms with Crippen molar-refractivity contribution in [1.29, 1.82) is 0 Å². The highest BCUT2D eigenvalue weighted by molar-refractivity contribution is 7.98. The average molecular weight is 395 g/mol. The van der Waals surface area contributed by atoms with Gasteiger partial charge >= 0.3 is 0 Å². The second-order valence-corrected chi connectivity index (χ2v) is 8.45. The van der Waals surface area contributed by atoms with Crippen molar-refractivity contribution in [3.8, 4) is 22.2 Å². The summed E-state index contributed by atoms with van der Waals surface area (Å²) in [7, 11) is 0. The quantitative estimate of drug-likeness (QED) is 0.399. The maximum Gasteiger partial charge on any atom is 0.226 e. The van der Waals surface area contributed by atoms with Crippen molar-refractivity contribution in [2.75, 3.05) is 0 Å². The Balaban J connectivity index is 1.39. The van der Waals surface area contributed by atoms with Crippen molar-refractivity contribution in [3.63, 3.8) is 0 Å². The van der Waals surface area contributed by atoms with Gasteiger partial charge in [0.05, 0.1) is 10.6 Å². The first-order chi connectivity index (χ1) is 13.3. The zero-order valence-corrected chi connectivity index (χ0v) is 16.5. The molecule has 0 saturated heterocycles. The predicted octanol–water partition coefficient (Wildman–Crippen LogP) is 5.60. The van der Waals surface area contributed by atoms with Gasteiger partial charge in [-0.05, 0) is 43.3 Å². The molecule has 0 atom stereocenters. The van der Waals surface area contributed by atoms with Crippen molar-refractivity contribution < 1.29 is 4.42 Å². The number of hydrogen-bond donors (Lipinski definition) is 0. The molecule has 27 heavy (non-hydrogen) atoms. The molecule has 136 valence electrons. The van der Waals surface area contributed by atoms with Crippen molar-refractivity contribution in [1.82, 2.24) is 19.7 Å². The Hall–Kier alpha value is -2.38. The lowest BCUT2D eigenvalue weighted by Crippen LogP contribution is -1.99.